The van der Waals surface area contributed by atoms with E-state index in [0.717, 1.165) is 44.2 Å². The Morgan fingerprint density at radius 1 is 0.308 bits per heavy atom. The molecule has 0 N–H and O–H groups in total. The number of benzene rings is 11. The van der Waals surface area contributed by atoms with Gasteiger partial charge < -0.3 is 9.13 Å². The molecule has 0 spiro atoms. The van der Waals surface area contributed by atoms with Gasteiger partial charge in [0, 0.05) is 32.9 Å². The highest BCUT2D eigenvalue weighted by Crippen LogP contribution is 2.41. The van der Waals surface area contributed by atoms with Crippen molar-refractivity contribution in [1.29, 1.82) is 0 Å². The minimum absolute atomic E-state index is 0.0466. The second kappa shape index (κ2) is 18.0. The van der Waals surface area contributed by atoms with E-state index in [1.165, 1.54) is 63.4 Å². The van der Waals surface area contributed by atoms with Crippen molar-refractivity contribution in [3.05, 3.63) is 278 Å². The number of rotatable bonds is 7. The molecule has 0 atom stereocenters. The van der Waals surface area contributed by atoms with E-state index in [2.05, 4.69) is 275 Å². The molecule has 13 aromatic rings. The van der Waals surface area contributed by atoms with Crippen molar-refractivity contribution in [3.63, 3.8) is 0 Å². The first-order chi connectivity index (χ1) is 40.0. The second-order valence-electron chi connectivity index (χ2n) is 23.3. The van der Waals surface area contributed by atoms with Crippen LogP contribution in [-0.2, 0) is 10.8 Å². The Hall–Kier alpha value is -8.55. The monoisotopic (exact) mass is 1040 g/mol. The quantitative estimate of drug-likeness (QED) is 0.141. The summed E-state index contributed by atoms with van der Waals surface area (Å²) >= 11 is 0. The van der Waals surface area contributed by atoms with E-state index in [0.29, 0.717) is 5.56 Å². The summed E-state index contributed by atoms with van der Waals surface area (Å²) in [4.78, 5) is 0. The lowest BCUT2D eigenvalue weighted by atomic mass is 9.85. The molecule has 1 aliphatic rings. The maximum atomic E-state index is 9.08. The van der Waals surface area contributed by atoms with Gasteiger partial charge in [-0.1, -0.05) is 242 Å². The number of nitrogens with zero attached hydrogens (tertiary/aromatic N) is 2. The summed E-state index contributed by atoms with van der Waals surface area (Å²) in [5.41, 5.74) is 9.37. The first-order valence-electron chi connectivity index (χ1n) is 29.8. The van der Waals surface area contributed by atoms with Crippen molar-refractivity contribution in [1.82, 2.24) is 9.13 Å². The largest absolute Gasteiger partial charge is 0.309 e. The van der Waals surface area contributed by atoms with Gasteiger partial charge in [-0.25, -0.2) is 0 Å². The van der Waals surface area contributed by atoms with Gasteiger partial charge in [-0.15, -0.1) is 0 Å². The highest BCUT2D eigenvalue weighted by atomic mass is 28.3. The zero-order chi connectivity index (χ0) is 57.3. The Kier molecular flexibility index (Phi) is 9.83. The predicted octanol–water partition coefficient (Wildman–Crippen LogP) is 13.2. The molecule has 0 saturated heterocycles. The van der Waals surface area contributed by atoms with E-state index in [1.54, 1.807) is 0 Å². The van der Waals surface area contributed by atoms with Gasteiger partial charge in [0.1, 0.15) is 0 Å². The molecular formula is C74H62N2Si2. The number of fused-ring (bicyclic) bond motifs is 8. The molecule has 0 unspecified atom stereocenters. The van der Waals surface area contributed by atoms with Crippen molar-refractivity contribution in [3.8, 4) is 22.5 Å². The summed E-state index contributed by atoms with van der Waals surface area (Å²) in [5.74, 6) is 0. The van der Waals surface area contributed by atoms with E-state index < -0.39 is 22.2 Å². The molecule has 11 aromatic carbocycles. The van der Waals surface area contributed by atoms with Crippen LogP contribution in [0.1, 0.15) is 59.5 Å². The highest BCUT2D eigenvalue weighted by Gasteiger charge is 2.56. The van der Waals surface area contributed by atoms with E-state index in [1.807, 2.05) is 12.1 Å². The molecular weight excluding hydrogens is 973 g/mol. The molecule has 0 bridgehead atoms. The SMILES string of the molecule is [2H]c1c([2H])c([2H])c(-c2ccc3c(c2)c2cc(-n4c5ccc(C(C)(C)C)cc5c5cc(C(C)(C)C)ccc54)ccc2n3-c2ccc([Si]3(c4ccccc4)c4ccccc4[Si](c4ccccc4)(c4ccccc4)c4ccccc43)cc2)c([2H])c1[2H]. The Morgan fingerprint density at radius 2 is 0.654 bits per heavy atom. The van der Waals surface area contributed by atoms with Crippen molar-refractivity contribution < 1.29 is 6.85 Å². The summed E-state index contributed by atoms with van der Waals surface area (Å²) in [7, 11) is -5.98. The topological polar surface area (TPSA) is 9.86 Å². The van der Waals surface area contributed by atoms with Crippen LogP contribution in [-0.4, -0.2) is 25.3 Å². The number of hydrogen-bond acceptors (Lipinski definition) is 0. The van der Waals surface area contributed by atoms with Gasteiger partial charge in [0.25, 0.3) is 0 Å². The minimum Gasteiger partial charge on any atom is -0.309 e. The fourth-order valence-electron chi connectivity index (χ4n) is 13.3. The highest BCUT2D eigenvalue weighted by molar-refractivity contribution is 7.32. The molecule has 3 heterocycles. The molecule has 0 saturated carbocycles. The van der Waals surface area contributed by atoms with Gasteiger partial charge in [-0.2, -0.15) is 0 Å². The smallest absolute Gasteiger partial charge is 0.179 e. The fourth-order valence-corrected chi connectivity index (χ4v) is 25.3. The summed E-state index contributed by atoms with van der Waals surface area (Å²) < 4.78 is 48.6. The molecule has 0 fully saturated rings. The third kappa shape index (κ3) is 7.20. The van der Waals surface area contributed by atoms with Gasteiger partial charge in [0.05, 0.1) is 28.9 Å². The van der Waals surface area contributed by atoms with Crippen LogP contribution < -0.4 is 41.5 Å². The molecule has 0 radical (unpaired) electrons. The zero-order valence-corrected chi connectivity index (χ0v) is 46.9. The lowest BCUT2D eigenvalue weighted by Gasteiger charge is -2.48. The third-order valence-corrected chi connectivity index (χ3v) is 27.2. The minimum atomic E-state index is -3.08. The summed E-state index contributed by atoms with van der Waals surface area (Å²) in [6.45, 7) is 13.6. The van der Waals surface area contributed by atoms with Crippen molar-refractivity contribution in [2.45, 2.75) is 52.4 Å². The van der Waals surface area contributed by atoms with Crippen LogP contribution in [0.4, 0.5) is 0 Å². The first kappa shape index (κ1) is 42.6. The van der Waals surface area contributed by atoms with Gasteiger partial charge in [0.15, 0.2) is 16.1 Å². The average molecular weight is 1040 g/mol. The first-order valence-corrected chi connectivity index (χ1v) is 31.3. The molecule has 2 aromatic heterocycles. The second-order valence-corrected chi connectivity index (χ2v) is 30.8. The average Bonchev–Trinajstić information content (AvgIpc) is 1.49. The molecule has 0 amide bonds. The van der Waals surface area contributed by atoms with Gasteiger partial charge in [-0.05, 0) is 141 Å². The van der Waals surface area contributed by atoms with Crippen LogP contribution in [0.25, 0.3) is 66.1 Å². The Balaban J connectivity index is 1.02. The van der Waals surface area contributed by atoms with Crippen molar-refractivity contribution in [2.24, 2.45) is 0 Å². The van der Waals surface area contributed by atoms with Gasteiger partial charge in [-0.3, -0.25) is 0 Å². The molecule has 2 nitrogen and oxygen atoms in total. The normalized spacial score (nSPS) is 14.9. The predicted molar refractivity (Wildman–Crippen MR) is 339 cm³/mol. The summed E-state index contributed by atoms with van der Waals surface area (Å²) in [5, 5.41) is 15.3. The van der Waals surface area contributed by atoms with Crippen LogP contribution >= 0.6 is 0 Å². The summed E-state index contributed by atoms with van der Waals surface area (Å²) in [6, 6.07) is 86.9. The van der Waals surface area contributed by atoms with Crippen LogP contribution in [0.5, 0.6) is 0 Å². The maximum Gasteiger partial charge on any atom is 0.179 e. The molecule has 1 aliphatic heterocycles. The van der Waals surface area contributed by atoms with Crippen LogP contribution in [0.2, 0.25) is 0 Å². The Labute approximate surface area is 467 Å². The Bertz CT molecular complexity index is 4560. The number of hydrogen-bond donors (Lipinski definition) is 0. The standard InChI is InChI=1S/C74H62N2Si2/c1-73(2,3)53-36-44-66-62(48-53)63-49-54(74(4,5)6)37-45-67(63)76(66)56-40-46-68-64(50-56)61-47-52(51-23-11-7-12-24-51)35-43-65(61)75(68)55-38-41-60(42-39-55)78(59-29-17-10-18-30-59)71-33-21-19-31-69(71)77(57-25-13-8-14-26-57,58-27-15-9-16-28-58)70-32-20-22-34-72(70)78/h7-50H,1-6H3/i7D,11D,12D,23D,24D. The molecule has 78 heavy (non-hydrogen) atoms. The van der Waals surface area contributed by atoms with Crippen LogP contribution in [0.3, 0.4) is 0 Å². The molecule has 4 heteroatoms. The fraction of sp³-hybridized carbons (Fsp3) is 0.108. The molecule has 376 valence electrons. The van der Waals surface area contributed by atoms with E-state index in [9.17, 15) is 0 Å². The van der Waals surface area contributed by atoms with E-state index in [-0.39, 0.29) is 40.6 Å². The lowest BCUT2D eigenvalue weighted by Crippen LogP contribution is -2.93. The Morgan fingerprint density at radius 3 is 1.09 bits per heavy atom. The van der Waals surface area contributed by atoms with Crippen LogP contribution in [0.15, 0.2) is 267 Å². The number of aromatic nitrogens is 2. The lowest BCUT2D eigenvalue weighted by molar-refractivity contribution is 0.590. The molecule has 14 rings (SSSR count). The van der Waals surface area contributed by atoms with E-state index >= 15 is 0 Å². The van der Waals surface area contributed by atoms with E-state index in [4.69, 9.17) is 6.85 Å². The van der Waals surface area contributed by atoms with Gasteiger partial charge in [0.2, 0.25) is 0 Å². The molecule has 0 aliphatic carbocycles. The van der Waals surface area contributed by atoms with Crippen molar-refractivity contribution >= 4 is 101 Å². The van der Waals surface area contributed by atoms with Gasteiger partial charge >= 0.3 is 0 Å². The van der Waals surface area contributed by atoms with Crippen molar-refractivity contribution in [2.75, 3.05) is 0 Å². The third-order valence-electron chi connectivity index (χ3n) is 16.9. The summed E-state index contributed by atoms with van der Waals surface area (Å²) in [6.07, 6.45) is 0. The van der Waals surface area contributed by atoms with Crippen LogP contribution in [0, 0.1) is 0 Å². The maximum absolute atomic E-state index is 9.08. The zero-order valence-electron chi connectivity index (χ0n) is 49.9.